The minimum Gasteiger partial charge on any atom is -0.376 e. The number of ether oxygens (including phenoxy) is 1. The molecule has 1 aromatic carbocycles. The molecule has 2 fully saturated rings. The second kappa shape index (κ2) is 6.84. The third-order valence-corrected chi connectivity index (χ3v) is 4.64. The van der Waals surface area contributed by atoms with Crippen molar-refractivity contribution >= 4 is 11.8 Å². The Bertz CT molecular complexity index is 659. The van der Waals surface area contributed by atoms with Crippen molar-refractivity contribution in [2.24, 2.45) is 0 Å². The standard InChI is InChI=1S/C17H20F2N2O3/c1-9-4-5-10(18)14(15(9)19)17(23)20-11-6-7-13(22)21-16(11)12-3-2-8-24-12/h4-5,11-12,16H,2-3,6-8H2,1H3,(H,20,23)(H,21,22)/t11-,12+,16+/m1/s1. The van der Waals surface area contributed by atoms with Gasteiger partial charge in [-0.15, -0.1) is 0 Å². The summed E-state index contributed by atoms with van der Waals surface area (Å²) in [7, 11) is 0. The third kappa shape index (κ3) is 3.26. The lowest BCUT2D eigenvalue weighted by molar-refractivity contribution is -0.125. The predicted molar refractivity (Wildman–Crippen MR) is 82.5 cm³/mol. The molecule has 7 heteroatoms. The Hall–Kier alpha value is -2.02. The Balaban J connectivity index is 1.79. The van der Waals surface area contributed by atoms with E-state index in [2.05, 4.69) is 10.6 Å². The molecule has 24 heavy (non-hydrogen) atoms. The zero-order valence-corrected chi connectivity index (χ0v) is 13.4. The fourth-order valence-corrected chi connectivity index (χ4v) is 3.33. The van der Waals surface area contributed by atoms with Gasteiger partial charge in [0.2, 0.25) is 5.91 Å². The maximum atomic E-state index is 14.1. The van der Waals surface area contributed by atoms with Crippen molar-refractivity contribution in [3.8, 4) is 0 Å². The summed E-state index contributed by atoms with van der Waals surface area (Å²) in [6.45, 7) is 2.08. The van der Waals surface area contributed by atoms with Gasteiger partial charge in [0, 0.05) is 13.0 Å². The summed E-state index contributed by atoms with van der Waals surface area (Å²) in [5, 5.41) is 5.52. The number of hydrogen-bond acceptors (Lipinski definition) is 3. The lowest BCUT2D eigenvalue weighted by Gasteiger charge is -2.36. The van der Waals surface area contributed by atoms with Crippen LogP contribution in [0.3, 0.4) is 0 Å². The quantitative estimate of drug-likeness (QED) is 0.884. The monoisotopic (exact) mass is 338 g/mol. The summed E-state index contributed by atoms with van der Waals surface area (Å²) < 4.78 is 33.6. The molecular formula is C17H20F2N2O3. The van der Waals surface area contributed by atoms with Crippen LogP contribution in [0.2, 0.25) is 0 Å². The molecule has 0 spiro atoms. The van der Waals surface area contributed by atoms with E-state index in [1.54, 1.807) is 0 Å². The van der Waals surface area contributed by atoms with Crippen LogP contribution in [0.25, 0.3) is 0 Å². The SMILES string of the molecule is Cc1ccc(F)c(C(=O)N[C@@H]2CCC(=O)N[C@@H]2[C@@H]2CCCO2)c1F. The molecule has 3 atom stereocenters. The molecule has 2 aliphatic heterocycles. The van der Waals surface area contributed by atoms with E-state index in [1.165, 1.54) is 13.0 Å². The average molecular weight is 338 g/mol. The van der Waals surface area contributed by atoms with E-state index in [1.807, 2.05) is 0 Å². The number of nitrogens with one attached hydrogen (secondary N) is 2. The second-order valence-corrected chi connectivity index (χ2v) is 6.32. The van der Waals surface area contributed by atoms with Crippen molar-refractivity contribution in [2.75, 3.05) is 6.61 Å². The van der Waals surface area contributed by atoms with Crippen LogP contribution >= 0.6 is 0 Å². The molecule has 2 amide bonds. The highest BCUT2D eigenvalue weighted by molar-refractivity contribution is 5.95. The number of piperidine rings is 1. The van der Waals surface area contributed by atoms with Crippen LogP contribution in [0.5, 0.6) is 0 Å². The molecular weight excluding hydrogens is 318 g/mol. The van der Waals surface area contributed by atoms with Crippen molar-refractivity contribution in [2.45, 2.75) is 50.8 Å². The zero-order chi connectivity index (χ0) is 17.3. The minimum atomic E-state index is -0.899. The first-order valence-corrected chi connectivity index (χ1v) is 8.14. The first kappa shape index (κ1) is 16.8. The topological polar surface area (TPSA) is 67.4 Å². The van der Waals surface area contributed by atoms with Crippen LogP contribution in [0.15, 0.2) is 12.1 Å². The Morgan fingerprint density at radius 3 is 2.83 bits per heavy atom. The van der Waals surface area contributed by atoms with Crippen molar-refractivity contribution in [1.82, 2.24) is 10.6 Å². The van der Waals surface area contributed by atoms with E-state index >= 15 is 0 Å². The Kier molecular flexibility index (Phi) is 4.80. The summed E-state index contributed by atoms with van der Waals surface area (Å²) in [5.41, 5.74) is -0.382. The van der Waals surface area contributed by atoms with Gasteiger partial charge in [-0.25, -0.2) is 8.78 Å². The highest BCUT2D eigenvalue weighted by Gasteiger charge is 2.38. The third-order valence-electron chi connectivity index (χ3n) is 4.64. The van der Waals surface area contributed by atoms with E-state index < -0.39 is 29.1 Å². The lowest BCUT2D eigenvalue weighted by atomic mass is 9.92. The van der Waals surface area contributed by atoms with Crippen LogP contribution in [0, 0.1) is 18.6 Å². The smallest absolute Gasteiger partial charge is 0.257 e. The lowest BCUT2D eigenvalue weighted by Crippen LogP contribution is -2.60. The molecule has 0 unspecified atom stereocenters. The molecule has 130 valence electrons. The number of carbonyl (C=O) groups is 2. The van der Waals surface area contributed by atoms with E-state index in [-0.39, 0.29) is 30.0 Å². The van der Waals surface area contributed by atoms with E-state index in [4.69, 9.17) is 4.74 Å². The van der Waals surface area contributed by atoms with Gasteiger partial charge >= 0.3 is 0 Å². The second-order valence-electron chi connectivity index (χ2n) is 6.32. The van der Waals surface area contributed by atoms with E-state index in [0.717, 1.165) is 18.9 Å². The van der Waals surface area contributed by atoms with Crippen molar-refractivity contribution in [1.29, 1.82) is 0 Å². The number of amides is 2. The van der Waals surface area contributed by atoms with Gasteiger partial charge in [0.15, 0.2) is 0 Å². The largest absolute Gasteiger partial charge is 0.376 e. The zero-order valence-electron chi connectivity index (χ0n) is 13.4. The molecule has 0 saturated carbocycles. The number of halogens is 2. The fourth-order valence-electron chi connectivity index (χ4n) is 3.33. The number of aryl methyl sites for hydroxylation is 1. The average Bonchev–Trinajstić information content (AvgIpc) is 3.07. The van der Waals surface area contributed by atoms with Crippen LogP contribution in [-0.2, 0) is 9.53 Å². The summed E-state index contributed by atoms with van der Waals surface area (Å²) in [6, 6.07) is 1.57. The molecule has 3 rings (SSSR count). The normalized spacial score (nSPS) is 27.0. The number of benzene rings is 1. The Labute approximate surface area is 138 Å². The Morgan fingerprint density at radius 1 is 1.33 bits per heavy atom. The maximum Gasteiger partial charge on any atom is 0.257 e. The van der Waals surface area contributed by atoms with Gasteiger partial charge in [-0.1, -0.05) is 6.07 Å². The van der Waals surface area contributed by atoms with E-state index in [0.29, 0.717) is 13.0 Å². The van der Waals surface area contributed by atoms with Gasteiger partial charge in [0.25, 0.3) is 5.91 Å². The molecule has 1 aromatic rings. The fraction of sp³-hybridized carbons (Fsp3) is 0.529. The highest BCUT2D eigenvalue weighted by Crippen LogP contribution is 2.23. The van der Waals surface area contributed by atoms with E-state index in [9.17, 15) is 18.4 Å². The van der Waals surface area contributed by atoms with Crippen LogP contribution in [0.1, 0.15) is 41.6 Å². The summed E-state index contributed by atoms with van der Waals surface area (Å²) in [5.74, 6) is -2.67. The van der Waals surface area contributed by atoms with Gasteiger partial charge in [-0.05, 0) is 37.8 Å². The summed E-state index contributed by atoms with van der Waals surface area (Å²) >= 11 is 0. The highest BCUT2D eigenvalue weighted by atomic mass is 19.1. The van der Waals surface area contributed by atoms with Gasteiger partial charge in [-0.2, -0.15) is 0 Å². The first-order valence-electron chi connectivity index (χ1n) is 8.14. The molecule has 2 heterocycles. The molecule has 0 aromatic heterocycles. The molecule has 2 aliphatic rings. The van der Waals surface area contributed by atoms with Gasteiger partial charge in [-0.3, -0.25) is 9.59 Å². The van der Waals surface area contributed by atoms with Gasteiger partial charge < -0.3 is 15.4 Å². The molecule has 0 aliphatic carbocycles. The number of carbonyl (C=O) groups excluding carboxylic acids is 2. The summed E-state index contributed by atoms with van der Waals surface area (Å²) in [4.78, 5) is 24.1. The van der Waals surface area contributed by atoms with Crippen LogP contribution in [-0.4, -0.2) is 36.6 Å². The van der Waals surface area contributed by atoms with Crippen LogP contribution in [0.4, 0.5) is 8.78 Å². The molecule has 5 nitrogen and oxygen atoms in total. The predicted octanol–water partition coefficient (Wildman–Crippen LogP) is 1.83. The molecule has 2 N–H and O–H groups in total. The van der Waals surface area contributed by atoms with Crippen LogP contribution < -0.4 is 10.6 Å². The first-order chi connectivity index (χ1) is 11.5. The molecule has 2 saturated heterocycles. The molecule has 0 bridgehead atoms. The number of hydrogen-bond donors (Lipinski definition) is 2. The van der Waals surface area contributed by atoms with Crippen molar-refractivity contribution < 1.29 is 23.1 Å². The van der Waals surface area contributed by atoms with Crippen molar-refractivity contribution in [3.05, 3.63) is 34.9 Å². The van der Waals surface area contributed by atoms with Crippen molar-refractivity contribution in [3.63, 3.8) is 0 Å². The Morgan fingerprint density at radius 2 is 2.12 bits per heavy atom. The minimum absolute atomic E-state index is 0.103. The number of rotatable bonds is 3. The van der Waals surface area contributed by atoms with Gasteiger partial charge in [0.05, 0.1) is 18.2 Å². The maximum absolute atomic E-state index is 14.1. The van der Waals surface area contributed by atoms with Gasteiger partial charge in [0.1, 0.15) is 17.2 Å². The summed E-state index contributed by atoms with van der Waals surface area (Å²) in [6.07, 6.45) is 2.15. The molecule has 0 radical (unpaired) electrons.